The molecule has 0 aliphatic carbocycles. The van der Waals surface area contributed by atoms with E-state index in [1.54, 1.807) is 26.0 Å². The van der Waals surface area contributed by atoms with Gasteiger partial charge >= 0.3 is 0 Å². The first-order chi connectivity index (χ1) is 9.86. The maximum Gasteiger partial charge on any atom is 0.293 e. The monoisotopic (exact) mass is 305 g/mol. The van der Waals surface area contributed by atoms with Gasteiger partial charge in [-0.15, -0.1) is 0 Å². The van der Waals surface area contributed by atoms with Gasteiger partial charge in [0.1, 0.15) is 10.8 Å². The number of benzene rings is 1. The number of amides is 1. The summed E-state index contributed by atoms with van der Waals surface area (Å²) in [5.74, 6) is -0.477. The molecule has 2 rings (SSSR count). The Bertz CT molecular complexity index is 711. The van der Waals surface area contributed by atoms with Crippen LogP contribution in [0.2, 0.25) is 5.15 Å². The van der Waals surface area contributed by atoms with Crippen molar-refractivity contribution in [2.75, 3.05) is 5.32 Å². The van der Waals surface area contributed by atoms with Gasteiger partial charge in [0.25, 0.3) is 11.6 Å². The van der Waals surface area contributed by atoms with Crippen molar-refractivity contribution in [3.63, 3.8) is 0 Å². The number of hydrogen-bond acceptors (Lipinski definition) is 4. The zero-order valence-electron chi connectivity index (χ0n) is 11.4. The molecule has 6 nitrogen and oxygen atoms in total. The number of rotatable bonds is 3. The van der Waals surface area contributed by atoms with Gasteiger partial charge in [0.2, 0.25) is 0 Å². The van der Waals surface area contributed by atoms with Gasteiger partial charge < -0.3 is 5.32 Å². The standard InChI is InChI=1S/C14H12ClN3O3/c1-8-3-4-11(12(5-8)18(20)21)17-14(19)10-6-9(2)16-13(15)7-10/h3-7H,1-2H3,(H,17,19). The van der Waals surface area contributed by atoms with Crippen molar-refractivity contribution in [1.29, 1.82) is 0 Å². The van der Waals surface area contributed by atoms with Gasteiger partial charge in [-0.3, -0.25) is 14.9 Å². The molecule has 1 aromatic carbocycles. The fourth-order valence-corrected chi connectivity index (χ4v) is 2.10. The van der Waals surface area contributed by atoms with Crippen LogP contribution in [0.25, 0.3) is 0 Å². The van der Waals surface area contributed by atoms with E-state index >= 15 is 0 Å². The number of anilines is 1. The molecule has 0 unspecified atom stereocenters. The number of hydrogen-bond donors (Lipinski definition) is 1. The van der Waals surface area contributed by atoms with E-state index in [9.17, 15) is 14.9 Å². The lowest BCUT2D eigenvalue weighted by Crippen LogP contribution is -2.13. The van der Waals surface area contributed by atoms with E-state index in [0.717, 1.165) is 5.56 Å². The Morgan fingerprint density at radius 2 is 2.00 bits per heavy atom. The smallest absolute Gasteiger partial charge is 0.293 e. The fraction of sp³-hybridized carbons (Fsp3) is 0.143. The van der Waals surface area contributed by atoms with E-state index in [2.05, 4.69) is 10.3 Å². The van der Waals surface area contributed by atoms with Crippen LogP contribution in [0, 0.1) is 24.0 Å². The van der Waals surface area contributed by atoms with E-state index in [0.29, 0.717) is 11.3 Å². The minimum absolute atomic E-state index is 0.140. The molecular weight excluding hydrogens is 294 g/mol. The summed E-state index contributed by atoms with van der Waals surface area (Å²) >= 11 is 5.80. The number of carbonyl (C=O) groups is 1. The number of nitro groups is 1. The molecule has 1 N–H and O–H groups in total. The third-order valence-electron chi connectivity index (χ3n) is 2.78. The van der Waals surface area contributed by atoms with Gasteiger partial charge in [0, 0.05) is 17.3 Å². The van der Waals surface area contributed by atoms with Gasteiger partial charge in [-0.2, -0.15) is 0 Å². The first kappa shape index (κ1) is 14.9. The van der Waals surface area contributed by atoms with E-state index in [4.69, 9.17) is 11.6 Å². The van der Waals surface area contributed by atoms with Crippen molar-refractivity contribution in [2.45, 2.75) is 13.8 Å². The Morgan fingerprint density at radius 3 is 2.62 bits per heavy atom. The molecule has 1 amide bonds. The van der Waals surface area contributed by atoms with Crippen LogP contribution < -0.4 is 5.32 Å². The molecule has 7 heteroatoms. The molecule has 2 aromatic rings. The van der Waals surface area contributed by atoms with Crippen LogP contribution in [-0.4, -0.2) is 15.8 Å². The van der Waals surface area contributed by atoms with Crippen molar-refractivity contribution in [3.8, 4) is 0 Å². The maximum absolute atomic E-state index is 12.2. The quantitative estimate of drug-likeness (QED) is 0.534. The average Bonchev–Trinajstić information content (AvgIpc) is 2.39. The largest absolute Gasteiger partial charge is 0.316 e. The number of aryl methyl sites for hydroxylation is 2. The summed E-state index contributed by atoms with van der Waals surface area (Å²) in [5, 5.41) is 13.7. The highest BCUT2D eigenvalue weighted by Gasteiger charge is 2.17. The summed E-state index contributed by atoms with van der Waals surface area (Å²) in [6, 6.07) is 7.56. The molecule has 0 atom stereocenters. The molecule has 1 heterocycles. The number of carbonyl (C=O) groups excluding carboxylic acids is 1. The van der Waals surface area contributed by atoms with Crippen LogP contribution in [0.15, 0.2) is 30.3 Å². The second kappa shape index (κ2) is 5.88. The highest BCUT2D eigenvalue weighted by Crippen LogP contribution is 2.26. The summed E-state index contributed by atoms with van der Waals surface area (Å²) in [6.45, 7) is 3.45. The van der Waals surface area contributed by atoms with E-state index in [1.807, 2.05) is 0 Å². The minimum atomic E-state index is -0.534. The Hall–Kier alpha value is -2.47. The molecule has 0 spiro atoms. The van der Waals surface area contributed by atoms with Gasteiger partial charge in [0.15, 0.2) is 0 Å². The third-order valence-corrected chi connectivity index (χ3v) is 2.98. The summed E-state index contributed by atoms with van der Waals surface area (Å²) in [5.41, 5.74) is 1.61. The molecule has 1 aromatic heterocycles. The van der Waals surface area contributed by atoms with Crippen molar-refractivity contribution in [1.82, 2.24) is 4.98 Å². The lowest BCUT2D eigenvalue weighted by molar-refractivity contribution is -0.384. The van der Waals surface area contributed by atoms with Crippen LogP contribution in [0.1, 0.15) is 21.6 Å². The van der Waals surface area contributed by atoms with Crippen LogP contribution in [0.5, 0.6) is 0 Å². The molecule has 0 radical (unpaired) electrons. The van der Waals surface area contributed by atoms with Crippen molar-refractivity contribution in [3.05, 3.63) is 62.4 Å². The van der Waals surface area contributed by atoms with Crippen molar-refractivity contribution < 1.29 is 9.72 Å². The third kappa shape index (κ3) is 3.55. The number of nitro benzene ring substituents is 1. The Balaban J connectivity index is 2.33. The van der Waals surface area contributed by atoms with Crippen LogP contribution in [0.4, 0.5) is 11.4 Å². The van der Waals surface area contributed by atoms with E-state index in [-0.39, 0.29) is 16.5 Å². The highest BCUT2D eigenvalue weighted by molar-refractivity contribution is 6.29. The summed E-state index contributed by atoms with van der Waals surface area (Å²) in [6.07, 6.45) is 0. The molecule has 108 valence electrons. The Labute approximate surface area is 125 Å². The number of pyridine rings is 1. The molecule has 0 aliphatic heterocycles. The fourth-order valence-electron chi connectivity index (χ4n) is 1.85. The molecule has 0 bridgehead atoms. The predicted molar refractivity (Wildman–Crippen MR) is 79.8 cm³/mol. The van der Waals surface area contributed by atoms with Gasteiger partial charge in [0.05, 0.1) is 4.92 Å². The summed E-state index contributed by atoms with van der Waals surface area (Å²) in [4.78, 5) is 26.6. The zero-order chi connectivity index (χ0) is 15.6. The minimum Gasteiger partial charge on any atom is -0.316 e. The van der Waals surface area contributed by atoms with Crippen LogP contribution in [0.3, 0.4) is 0 Å². The topological polar surface area (TPSA) is 85.1 Å². The normalized spacial score (nSPS) is 10.2. The van der Waals surface area contributed by atoms with E-state index < -0.39 is 10.8 Å². The SMILES string of the molecule is Cc1ccc(NC(=O)c2cc(C)nc(Cl)c2)c([N+](=O)[O-])c1. The lowest BCUT2D eigenvalue weighted by atomic mass is 10.1. The molecule has 0 saturated heterocycles. The summed E-state index contributed by atoms with van der Waals surface area (Å²) in [7, 11) is 0. The van der Waals surface area contributed by atoms with Gasteiger partial charge in [-0.05, 0) is 37.6 Å². The number of nitrogens with zero attached hydrogens (tertiary/aromatic N) is 2. The average molecular weight is 306 g/mol. The first-order valence-electron chi connectivity index (χ1n) is 6.07. The van der Waals surface area contributed by atoms with Crippen LogP contribution in [-0.2, 0) is 0 Å². The number of nitrogens with one attached hydrogen (secondary N) is 1. The molecule has 0 fully saturated rings. The second-order valence-electron chi connectivity index (χ2n) is 4.55. The predicted octanol–water partition coefficient (Wildman–Crippen LogP) is 3.51. The number of halogens is 1. The highest BCUT2D eigenvalue weighted by atomic mass is 35.5. The maximum atomic E-state index is 12.2. The summed E-state index contributed by atoms with van der Waals surface area (Å²) < 4.78 is 0. The molecule has 0 aliphatic rings. The number of aromatic nitrogens is 1. The van der Waals surface area contributed by atoms with Crippen LogP contribution >= 0.6 is 11.6 Å². The molecular formula is C14H12ClN3O3. The zero-order valence-corrected chi connectivity index (χ0v) is 12.1. The molecule has 0 saturated carbocycles. The Morgan fingerprint density at radius 1 is 1.29 bits per heavy atom. The Kier molecular flexibility index (Phi) is 4.18. The van der Waals surface area contributed by atoms with Crippen molar-refractivity contribution in [2.24, 2.45) is 0 Å². The van der Waals surface area contributed by atoms with E-state index in [1.165, 1.54) is 18.2 Å². The second-order valence-corrected chi connectivity index (χ2v) is 4.94. The van der Waals surface area contributed by atoms with Crippen molar-refractivity contribution >= 4 is 28.9 Å². The van der Waals surface area contributed by atoms with Gasteiger partial charge in [-0.25, -0.2) is 4.98 Å². The molecule has 21 heavy (non-hydrogen) atoms. The lowest BCUT2D eigenvalue weighted by Gasteiger charge is -2.07. The van der Waals surface area contributed by atoms with Gasteiger partial charge in [-0.1, -0.05) is 17.7 Å². The first-order valence-corrected chi connectivity index (χ1v) is 6.45.